The smallest absolute Gasteiger partial charge is 0.215 e. The quantitative estimate of drug-likeness (QED) is 0.699. The van der Waals surface area contributed by atoms with Crippen molar-refractivity contribution in [1.29, 1.82) is 0 Å². The molecule has 88 valence electrons. The Kier molecular flexibility index (Phi) is 3.33. The molecule has 1 saturated heterocycles. The molecule has 0 aromatic carbocycles. The van der Waals surface area contributed by atoms with Crippen LogP contribution in [0.15, 0.2) is 0 Å². The number of nitrogens with zero attached hydrogens (tertiary/aromatic N) is 1. The van der Waals surface area contributed by atoms with E-state index in [1.54, 1.807) is 4.31 Å². The van der Waals surface area contributed by atoms with Crippen LogP contribution in [0.2, 0.25) is 0 Å². The first kappa shape index (κ1) is 11.4. The Morgan fingerprint density at radius 2 is 2.20 bits per heavy atom. The molecule has 1 N–H and O–H groups in total. The van der Waals surface area contributed by atoms with E-state index in [1.807, 2.05) is 6.92 Å². The van der Waals surface area contributed by atoms with Gasteiger partial charge in [0, 0.05) is 19.1 Å². The summed E-state index contributed by atoms with van der Waals surface area (Å²) >= 11 is 0. The second-order valence-corrected chi connectivity index (χ2v) is 6.61. The van der Waals surface area contributed by atoms with Crippen LogP contribution in [-0.4, -0.2) is 44.2 Å². The van der Waals surface area contributed by atoms with Crippen molar-refractivity contribution in [3.8, 4) is 0 Å². The molecule has 15 heavy (non-hydrogen) atoms. The lowest BCUT2D eigenvalue weighted by Crippen LogP contribution is -2.41. The van der Waals surface area contributed by atoms with Gasteiger partial charge in [-0.2, -0.15) is 4.31 Å². The van der Waals surface area contributed by atoms with Crippen LogP contribution in [0.4, 0.5) is 0 Å². The van der Waals surface area contributed by atoms with E-state index in [9.17, 15) is 8.42 Å². The minimum absolute atomic E-state index is 0.254. The molecule has 0 aromatic heterocycles. The van der Waals surface area contributed by atoms with Crippen molar-refractivity contribution in [2.24, 2.45) is 5.92 Å². The Hall–Kier alpha value is -0.130. The lowest BCUT2D eigenvalue weighted by atomic mass is 10.1. The molecule has 4 nitrogen and oxygen atoms in total. The number of hydrogen-bond donors (Lipinski definition) is 1. The van der Waals surface area contributed by atoms with Crippen molar-refractivity contribution < 1.29 is 8.42 Å². The normalized spacial score (nSPS) is 31.3. The van der Waals surface area contributed by atoms with Gasteiger partial charge in [0.05, 0.1) is 5.75 Å². The molecule has 2 fully saturated rings. The minimum Gasteiger partial charge on any atom is -0.316 e. The summed E-state index contributed by atoms with van der Waals surface area (Å²) in [6, 6.07) is 0.321. The molecule has 2 bridgehead atoms. The first-order valence-electron chi connectivity index (χ1n) is 5.83. The molecule has 5 heteroatoms. The predicted molar refractivity (Wildman–Crippen MR) is 60.2 cm³/mol. The fraction of sp³-hybridized carbons (Fsp3) is 1.00. The van der Waals surface area contributed by atoms with Crippen LogP contribution in [-0.2, 0) is 10.0 Å². The molecule has 2 rings (SSSR count). The van der Waals surface area contributed by atoms with Crippen LogP contribution in [0.25, 0.3) is 0 Å². The van der Waals surface area contributed by atoms with Crippen molar-refractivity contribution in [1.82, 2.24) is 9.62 Å². The Balaban J connectivity index is 1.92. The molecule has 0 spiro atoms. The van der Waals surface area contributed by atoms with E-state index >= 15 is 0 Å². The molecule has 2 unspecified atom stereocenters. The zero-order valence-corrected chi connectivity index (χ0v) is 10.1. The summed E-state index contributed by atoms with van der Waals surface area (Å²) in [5.74, 6) is 0.897. The molecule has 1 aliphatic heterocycles. The monoisotopic (exact) mass is 232 g/mol. The molecule has 0 radical (unpaired) electrons. The Morgan fingerprint density at radius 1 is 1.40 bits per heavy atom. The number of hydrogen-bond acceptors (Lipinski definition) is 3. The van der Waals surface area contributed by atoms with E-state index in [1.165, 1.54) is 6.42 Å². The van der Waals surface area contributed by atoms with Crippen LogP contribution in [0.1, 0.15) is 26.2 Å². The van der Waals surface area contributed by atoms with Crippen LogP contribution in [0.5, 0.6) is 0 Å². The second-order valence-electron chi connectivity index (χ2n) is 4.57. The fourth-order valence-electron chi connectivity index (χ4n) is 2.72. The molecule has 0 amide bonds. The van der Waals surface area contributed by atoms with Crippen molar-refractivity contribution >= 4 is 10.0 Å². The third-order valence-electron chi connectivity index (χ3n) is 3.50. The van der Waals surface area contributed by atoms with Gasteiger partial charge in [0.1, 0.15) is 0 Å². The largest absolute Gasteiger partial charge is 0.316 e. The molecular formula is C10H20N2O2S. The number of sulfonamides is 1. The summed E-state index contributed by atoms with van der Waals surface area (Å²) in [6.07, 6.45) is 3.40. The van der Waals surface area contributed by atoms with Gasteiger partial charge in [-0.25, -0.2) is 8.42 Å². The Bertz CT molecular complexity index is 315. The summed E-state index contributed by atoms with van der Waals surface area (Å²) in [5, 5.41) is 3.07. The number of nitrogens with one attached hydrogen (secondary N) is 1. The van der Waals surface area contributed by atoms with Gasteiger partial charge in [-0.3, -0.25) is 0 Å². The van der Waals surface area contributed by atoms with E-state index in [0.29, 0.717) is 18.5 Å². The molecule has 1 saturated carbocycles. The molecule has 2 atom stereocenters. The first-order valence-corrected chi connectivity index (χ1v) is 7.44. The summed E-state index contributed by atoms with van der Waals surface area (Å²) < 4.78 is 25.7. The standard InChI is InChI=1S/C10H20N2O2S/c1-2-11-5-6-15(13,14)12-8-9-3-4-10(12)7-9/h9-11H,2-8H2,1H3. The average Bonchev–Trinajstić information content (AvgIpc) is 2.79. The van der Waals surface area contributed by atoms with Crippen molar-refractivity contribution in [2.75, 3.05) is 25.4 Å². The molecule has 0 aromatic rings. The van der Waals surface area contributed by atoms with Gasteiger partial charge < -0.3 is 5.32 Å². The van der Waals surface area contributed by atoms with Gasteiger partial charge >= 0.3 is 0 Å². The SMILES string of the molecule is CCNCCS(=O)(=O)N1CC2CCC1C2. The molecule has 2 aliphatic rings. The van der Waals surface area contributed by atoms with Crippen molar-refractivity contribution in [3.05, 3.63) is 0 Å². The van der Waals surface area contributed by atoms with E-state index < -0.39 is 10.0 Å². The minimum atomic E-state index is -2.99. The lowest BCUT2D eigenvalue weighted by molar-refractivity contribution is 0.333. The Morgan fingerprint density at radius 3 is 2.73 bits per heavy atom. The lowest BCUT2D eigenvalue weighted by Gasteiger charge is -2.26. The van der Waals surface area contributed by atoms with E-state index in [4.69, 9.17) is 0 Å². The summed E-state index contributed by atoms with van der Waals surface area (Å²) in [7, 11) is -2.99. The number of fused-ring (bicyclic) bond motifs is 2. The topological polar surface area (TPSA) is 49.4 Å². The van der Waals surface area contributed by atoms with Gasteiger partial charge in [0.2, 0.25) is 10.0 Å². The van der Waals surface area contributed by atoms with Gasteiger partial charge in [-0.1, -0.05) is 6.92 Å². The zero-order valence-electron chi connectivity index (χ0n) is 9.28. The molecule has 1 aliphatic carbocycles. The van der Waals surface area contributed by atoms with Crippen LogP contribution in [0.3, 0.4) is 0 Å². The van der Waals surface area contributed by atoms with Gasteiger partial charge in [-0.15, -0.1) is 0 Å². The maximum absolute atomic E-state index is 12.0. The third kappa shape index (κ3) is 2.34. The van der Waals surface area contributed by atoms with Crippen LogP contribution >= 0.6 is 0 Å². The zero-order chi connectivity index (χ0) is 10.9. The number of piperidine rings is 1. The average molecular weight is 232 g/mol. The van der Waals surface area contributed by atoms with Gasteiger partial charge in [-0.05, 0) is 31.7 Å². The highest BCUT2D eigenvalue weighted by Crippen LogP contribution is 2.38. The van der Waals surface area contributed by atoms with E-state index in [0.717, 1.165) is 25.9 Å². The summed E-state index contributed by atoms with van der Waals surface area (Å²) in [5.41, 5.74) is 0. The highest BCUT2D eigenvalue weighted by atomic mass is 32.2. The van der Waals surface area contributed by atoms with Gasteiger partial charge in [0.25, 0.3) is 0 Å². The molecular weight excluding hydrogens is 212 g/mol. The van der Waals surface area contributed by atoms with Crippen molar-refractivity contribution in [2.45, 2.75) is 32.2 Å². The highest BCUT2D eigenvalue weighted by Gasteiger charge is 2.43. The predicted octanol–water partition coefficient (Wildman–Crippen LogP) is 0.410. The third-order valence-corrected chi connectivity index (χ3v) is 5.38. The Labute approximate surface area is 92.1 Å². The van der Waals surface area contributed by atoms with Gasteiger partial charge in [0.15, 0.2) is 0 Å². The highest BCUT2D eigenvalue weighted by molar-refractivity contribution is 7.89. The van der Waals surface area contributed by atoms with Crippen molar-refractivity contribution in [3.63, 3.8) is 0 Å². The van der Waals surface area contributed by atoms with Crippen LogP contribution < -0.4 is 5.32 Å². The maximum Gasteiger partial charge on any atom is 0.215 e. The fourth-order valence-corrected chi connectivity index (χ4v) is 4.44. The van der Waals surface area contributed by atoms with E-state index in [2.05, 4.69) is 5.32 Å². The van der Waals surface area contributed by atoms with Crippen LogP contribution in [0, 0.1) is 5.92 Å². The first-order chi connectivity index (χ1) is 7.13. The second kappa shape index (κ2) is 4.39. The van der Waals surface area contributed by atoms with E-state index in [-0.39, 0.29) is 5.75 Å². The number of rotatable bonds is 5. The molecule has 1 heterocycles. The summed E-state index contributed by atoms with van der Waals surface area (Å²) in [6.45, 7) is 4.18. The maximum atomic E-state index is 12.0. The summed E-state index contributed by atoms with van der Waals surface area (Å²) in [4.78, 5) is 0.